The second-order valence-corrected chi connectivity index (χ2v) is 6.06. The van der Waals surface area contributed by atoms with Crippen LogP contribution in [-0.4, -0.2) is 43.1 Å². The molecular formula is C12H23NO2S. The third-order valence-corrected chi connectivity index (χ3v) is 4.74. The van der Waals surface area contributed by atoms with Gasteiger partial charge in [0.05, 0.1) is 12.7 Å². The molecule has 1 aliphatic carbocycles. The molecule has 1 saturated heterocycles. The van der Waals surface area contributed by atoms with Crippen molar-refractivity contribution in [2.45, 2.75) is 50.0 Å². The van der Waals surface area contributed by atoms with Gasteiger partial charge in [0.1, 0.15) is 6.79 Å². The van der Waals surface area contributed by atoms with Crippen molar-refractivity contribution in [1.29, 1.82) is 0 Å². The van der Waals surface area contributed by atoms with Gasteiger partial charge in [-0.15, -0.1) is 0 Å². The SMILES string of the molecule is CCSC1CCCC1NCC1CCOCO1. The summed E-state index contributed by atoms with van der Waals surface area (Å²) in [5.41, 5.74) is 0. The van der Waals surface area contributed by atoms with E-state index in [-0.39, 0.29) is 0 Å². The van der Waals surface area contributed by atoms with Crippen LogP contribution < -0.4 is 5.32 Å². The smallest absolute Gasteiger partial charge is 0.147 e. The first-order valence-corrected chi connectivity index (χ1v) is 7.49. The van der Waals surface area contributed by atoms with Gasteiger partial charge in [0.25, 0.3) is 0 Å². The van der Waals surface area contributed by atoms with Crippen molar-refractivity contribution in [3.05, 3.63) is 0 Å². The van der Waals surface area contributed by atoms with E-state index in [0.717, 1.165) is 24.8 Å². The van der Waals surface area contributed by atoms with E-state index < -0.39 is 0 Å². The van der Waals surface area contributed by atoms with Gasteiger partial charge in [0.2, 0.25) is 0 Å². The summed E-state index contributed by atoms with van der Waals surface area (Å²) in [7, 11) is 0. The highest BCUT2D eigenvalue weighted by atomic mass is 32.2. The molecule has 3 unspecified atom stereocenters. The fraction of sp³-hybridized carbons (Fsp3) is 1.00. The van der Waals surface area contributed by atoms with Crippen molar-refractivity contribution in [2.75, 3.05) is 25.7 Å². The summed E-state index contributed by atoms with van der Waals surface area (Å²) in [5, 5.41) is 4.51. The van der Waals surface area contributed by atoms with Gasteiger partial charge in [0, 0.05) is 17.8 Å². The predicted molar refractivity (Wildman–Crippen MR) is 67.9 cm³/mol. The van der Waals surface area contributed by atoms with Gasteiger partial charge >= 0.3 is 0 Å². The van der Waals surface area contributed by atoms with Crippen LogP contribution in [0.15, 0.2) is 0 Å². The number of nitrogens with one attached hydrogen (secondary N) is 1. The maximum atomic E-state index is 5.54. The molecular weight excluding hydrogens is 222 g/mol. The summed E-state index contributed by atoms with van der Waals surface area (Å²) < 4.78 is 10.7. The van der Waals surface area contributed by atoms with Crippen LogP contribution >= 0.6 is 11.8 Å². The van der Waals surface area contributed by atoms with Gasteiger partial charge in [0.15, 0.2) is 0 Å². The molecule has 4 heteroatoms. The molecule has 1 saturated carbocycles. The van der Waals surface area contributed by atoms with E-state index in [1.54, 1.807) is 0 Å². The Balaban J connectivity index is 1.67. The van der Waals surface area contributed by atoms with E-state index in [9.17, 15) is 0 Å². The molecule has 0 amide bonds. The van der Waals surface area contributed by atoms with Crippen molar-refractivity contribution < 1.29 is 9.47 Å². The van der Waals surface area contributed by atoms with E-state index in [2.05, 4.69) is 24.0 Å². The Hall–Kier alpha value is 0.230. The molecule has 16 heavy (non-hydrogen) atoms. The standard InChI is InChI=1S/C12H23NO2S/c1-2-16-12-5-3-4-11(12)13-8-10-6-7-14-9-15-10/h10-13H,2-9H2,1H3. The van der Waals surface area contributed by atoms with Crippen LogP contribution in [0.3, 0.4) is 0 Å². The Bertz CT molecular complexity index is 197. The average Bonchev–Trinajstić information content (AvgIpc) is 2.76. The Morgan fingerprint density at radius 3 is 3.00 bits per heavy atom. The van der Waals surface area contributed by atoms with Crippen molar-refractivity contribution in [3.8, 4) is 0 Å². The molecule has 0 aromatic carbocycles. The molecule has 3 nitrogen and oxygen atoms in total. The highest BCUT2D eigenvalue weighted by Gasteiger charge is 2.27. The Morgan fingerprint density at radius 1 is 1.31 bits per heavy atom. The Kier molecular flexibility index (Phi) is 5.42. The highest BCUT2D eigenvalue weighted by Crippen LogP contribution is 2.29. The van der Waals surface area contributed by atoms with Crippen LogP contribution in [0.2, 0.25) is 0 Å². The molecule has 0 aromatic heterocycles. The van der Waals surface area contributed by atoms with Gasteiger partial charge in [-0.1, -0.05) is 13.3 Å². The second kappa shape index (κ2) is 6.84. The van der Waals surface area contributed by atoms with Gasteiger partial charge in [-0.2, -0.15) is 11.8 Å². The monoisotopic (exact) mass is 245 g/mol. The maximum absolute atomic E-state index is 5.54. The first-order valence-electron chi connectivity index (χ1n) is 6.44. The van der Waals surface area contributed by atoms with Crippen molar-refractivity contribution in [1.82, 2.24) is 5.32 Å². The van der Waals surface area contributed by atoms with Crippen molar-refractivity contribution in [3.63, 3.8) is 0 Å². The topological polar surface area (TPSA) is 30.5 Å². The van der Waals surface area contributed by atoms with Crippen LogP contribution in [-0.2, 0) is 9.47 Å². The molecule has 1 N–H and O–H groups in total. The molecule has 2 fully saturated rings. The minimum absolute atomic E-state index is 0.363. The molecule has 0 aromatic rings. The van der Waals surface area contributed by atoms with Crippen LogP contribution in [0.25, 0.3) is 0 Å². The van der Waals surface area contributed by atoms with Crippen molar-refractivity contribution in [2.24, 2.45) is 0 Å². The Morgan fingerprint density at radius 2 is 2.25 bits per heavy atom. The molecule has 0 spiro atoms. The molecule has 2 rings (SSSR count). The van der Waals surface area contributed by atoms with Gasteiger partial charge < -0.3 is 14.8 Å². The van der Waals surface area contributed by atoms with Crippen LogP contribution in [0.4, 0.5) is 0 Å². The molecule has 1 heterocycles. The summed E-state index contributed by atoms with van der Waals surface area (Å²) >= 11 is 2.11. The molecule has 94 valence electrons. The fourth-order valence-corrected chi connectivity index (χ4v) is 3.74. The lowest BCUT2D eigenvalue weighted by Gasteiger charge is -2.26. The third kappa shape index (κ3) is 3.62. The number of hydrogen-bond donors (Lipinski definition) is 1. The van der Waals surface area contributed by atoms with Crippen LogP contribution in [0, 0.1) is 0 Å². The van der Waals surface area contributed by atoms with E-state index in [4.69, 9.17) is 9.47 Å². The minimum atomic E-state index is 0.363. The first kappa shape index (κ1) is 12.7. The van der Waals surface area contributed by atoms with Gasteiger partial charge in [-0.3, -0.25) is 0 Å². The number of hydrogen-bond acceptors (Lipinski definition) is 4. The predicted octanol–water partition coefficient (Wildman–Crippen LogP) is 2.01. The zero-order valence-electron chi connectivity index (χ0n) is 10.1. The van der Waals surface area contributed by atoms with Gasteiger partial charge in [-0.05, 0) is 25.0 Å². The maximum Gasteiger partial charge on any atom is 0.147 e. The molecule has 3 atom stereocenters. The minimum Gasteiger partial charge on any atom is -0.355 e. The van der Waals surface area contributed by atoms with E-state index in [0.29, 0.717) is 18.9 Å². The summed E-state index contributed by atoms with van der Waals surface area (Å²) in [4.78, 5) is 0. The lowest BCUT2D eigenvalue weighted by atomic mass is 10.2. The third-order valence-electron chi connectivity index (χ3n) is 3.41. The Labute approximate surface area is 103 Å². The molecule has 2 aliphatic rings. The lowest BCUT2D eigenvalue weighted by molar-refractivity contribution is -0.137. The van der Waals surface area contributed by atoms with Crippen LogP contribution in [0.5, 0.6) is 0 Å². The summed E-state index contributed by atoms with van der Waals surface area (Å²) in [6.07, 6.45) is 5.49. The van der Waals surface area contributed by atoms with Gasteiger partial charge in [-0.25, -0.2) is 0 Å². The quantitative estimate of drug-likeness (QED) is 0.802. The first-order chi connectivity index (χ1) is 7.90. The summed E-state index contributed by atoms with van der Waals surface area (Å²) in [6.45, 7) is 4.57. The van der Waals surface area contributed by atoms with Crippen LogP contribution in [0.1, 0.15) is 32.6 Å². The van der Waals surface area contributed by atoms with E-state index in [1.165, 1.54) is 25.0 Å². The molecule has 0 bridgehead atoms. The zero-order chi connectivity index (χ0) is 11.2. The zero-order valence-corrected chi connectivity index (χ0v) is 10.9. The average molecular weight is 245 g/mol. The fourth-order valence-electron chi connectivity index (χ4n) is 2.52. The second-order valence-electron chi connectivity index (χ2n) is 4.54. The van der Waals surface area contributed by atoms with E-state index >= 15 is 0 Å². The number of ether oxygens (including phenoxy) is 2. The van der Waals surface area contributed by atoms with E-state index in [1.807, 2.05) is 0 Å². The highest BCUT2D eigenvalue weighted by molar-refractivity contribution is 7.99. The largest absolute Gasteiger partial charge is 0.355 e. The summed E-state index contributed by atoms with van der Waals surface area (Å²) in [5.74, 6) is 1.23. The van der Waals surface area contributed by atoms with Crippen molar-refractivity contribution >= 4 is 11.8 Å². The summed E-state index contributed by atoms with van der Waals surface area (Å²) in [6, 6.07) is 0.705. The number of rotatable bonds is 5. The number of thioether (sulfide) groups is 1. The lowest BCUT2D eigenvalue weighted by Crippen LogP contribution is -2.41. The molecule has 1 aliphatic heterocycles. The molecule has 0 radical (unpaired) electrons. The normalized spacial score (nSPS) is 35.4.